The van der Waals surface area contributed by atoms with E-state index in [4.69, 9.17) is 13.6 Å². The fraction of sp³-hybridized carbons (Fsp3) is 0.167. The van der Waals surface area contributed by atoms with E-state index in [-0.39, 0.29) is 0 Å². The summed E-state index contributed by atoms with van der Waals surface area (Å²) in [6.45, 7) is 2.52. The van der Waals surface area contributed by atoms with E-state index in [1.807, 2.05) is 31.2 Å². The molecule has 0 aliphatic carbocycles. The van der Waals surface area contributed by atoms with Crippen LogP contribution in [0.2, 0.25) is 0 Å². The van der Waals surface area contributed by atoms with Gasteiger partial charge in [0.15, 0.2) is 11.5 Å². The zero-order valence-electron chi connectivity index (χ0n) is 8.84. The Bertz CT molecular complexity index is 482. The Morgan fingerprint density at radius 2 is 1.62 bits per heavy atom. The Morgan fingerprint density at radius 1 is 1.06 bits per heavy atom. The van der Waals surface area contributed by atoms with E-state index in [1.165, 1.54) is 0 Å². The molecule has 0 saturated heterocycles. The van der Waals surface area contributed by atoms with Crippen LogP contribution < -0.4 is 9.05 Å². The van der Waals surface area contributed by atoms with Crippen molar-refractivity contribution >= 4 is 19.4 Å². The lowest BCUT2D eigenvalue weighted by Gasteiger charge is -2.04. The molecule has 16 heavy (non-hydrogen) atoms. The predicted octanol–water partition coefficient (Wildman–Crippen LogP) is 3.87. The van der Waals surface area contributed by atoms with Crippen LogP contribution in [0.1, 0.15) is 6.92 Å². The summed E-state index contributed by atoms with van der Waals surface area (Å²) < 4.78 is 16.5. The molecule has 82 valence electrons. The molecule has 2 aromatic carbocycles. The highest BCUT2D eigenvalue weighted by Crippen LogP contribution is 2.53. The normalized spacial score (nSPS) is 14.6. The van der Waals surface area contributed by atoms with Crippen molar-refractivity contribution in [3.8, 4) is 11.5 Å². The first kappa shape index (κ1) is 9.88. The second-order valence-electron chi connectivity index (χ2n) is 3.47. The monoisotopic (exact) mass is 234 g/mol. The van der Waals surface area contributed by atoms with Gasteiger partial charge in [-0.05, 0) is 29.8 Å². The van der Waals surface area contributed by atoms with Crippen LogP contribution in [0.4, 0.5) is 0 Å². The van der Waals surface area contributed by atoms with Crippen LogP contribution >= 0.6 is 8.60 Å². The maximum Gasteiger partial charge on any atom is 0.463 e. The highest BCUT2D eigenvalue weighted by Gasteiger charge is 2.27. The second kappa shape index (κ2) is 3.93. The lowest BCUT2D eigenvalue weighted by atomic mass is 10.1. The lowest BCUT2D eigenvalue weighted by Crippen LogP contribution is -1.90. The van der Waals surface area contributed by atoms with Crippen molar-refractivity contribution in [2.24, 2.45) is 0 Å². The fourth-order valence-corrected chi connectivity index (χ4v) is 2.64. The largest absolute Gasteiger partial charge is 0.463 e. The van der Waals surface area contributed by atoms with Gasteiger partial charge in [0.25, 0.3) is 0 Å². The van der Waals surface area contributed by atoms with Gasteiger partial charge in [-0.1, -0.05) is 24.3 Å². The smallest absolute Gasteiger partial charge is 0.414 e. The minimum atomic E-state index is -1.23. The van der Waals surface area contributed by atoms with Crippen molar-refractivity contribution in [3.05, 3.63) is 36.4 Å². The van der Waals surface area contributed by atoms with E-state index >= 15 is 0 Å². The van der Waals surface area contributed by atoms with Gasteiger partial charge < -0.3 is 9.05 Å². The van der Waals surface area contributed by atoms with Gasteiger partial charge in [-0.15, -0.1) is 0 Å². The topological polar surface area (TPSA) is 27.7 Å². The molecule has 4 heteroatoms. The summed E-state index contributed by atoms with van der Waals surface area (Å²) in [7, 11) is -1.23. The zero-order valence-corrected chi connectivity index (χ0v) is 9.74. The van der Waals surface area contributed by atoms with E-state index in [1.54, 1.807) is 0 Å². The Morgan fingerprint density at radius 3 is 2.12 bits per heavy atom. The van der Waals surface area contributed by atoms with Gasteiger partial charge >= 0.3 is 8.60 Å². The first-order valence-electron chi connectivity index (χ1n) is 5.18. The molecular formula is C12H11O3P. The lowest BCUT2D eigenvalue weighted by molar-refractivity contribution is 0.300. The molecule has 0 amide bonds. The maximum atomic E-state index is 5.58. The highest BCUT2D eigenvalue weighted by atomic mass is 31.2. The van der Waals surface area contributed by atoms with Crippen LogP contribution in [0, 0.1) is 0 Å². The molecule has 0 bridgehead atoms. The molecule has 3 rings (SSSR count). The summed E-state index contributed by atoms with van der Waals surface area (Å²) in [6, 6.07) is 12.1. The first-order valence-corrected chi connectivity index (χ1v) is 6.28. The van der Waals surface area contributed by atoms with Crippen LogP contribution in [0.3, 0.4) is 0 Å². The zero-order chi connectivity index (χ0) is 11.0. The summed E-state index contributed by atoms with van der Waals surface area (Å²) in [5.74, 6) is 1.55. The molecule has 3 nitrogen and oxygen atoms in total. The molecule has 0 atom stereocenters. The maximum absolute atomic E-state index is 5.58. The predicted molar refractivity (Wildman–Crippen MR) is 63.8 cm³/mol. The van der Waals surface area contributed by atoms with Crippen molar-refractivity contribution in [3.63, 3.8) is 0 Å². The minimum Gasteiger partial charge on any atom is -0.414 e. The molecule has 0 spiro atoms. The molecule has 0 saturated carbocycles. The Hall–Kier alpha value is -1.31. The van der Waals surface area contributed by atoms with Gasteiger partial charge in [-0.25, -0.2) is 0 Å². The molecule has 0 fully saturated rings. The quantitative estimate of drug-likeness (QED) is 0.738. The molecule has 0 unspecified atom stereocenters. The van der Waals surface area contributed by atoms with Crippen molar-refractivity contribution < 1.29 is 13.6 Å². The van der Waals surface area contributed by atoms with Crippen LogP contribution in [-0.2, 0) is 4.52 Å². The van der Waals surface area contributed by atoms with Gasteiger partial charge in [0, 0.05) is 0 Å². The summed E-state index contributed by atoms with van der Waals surface area (Å²) in [5, 5.41) is 2.30. The van der Waals surface area contributed by atoms with Crippen molar-refractivity contribution in [2.45, 2.75) is 6.92 Å². The van der Waals surface area contributed by atoms with E-state index < -0.39 is 8.60 Å². The Labute approximate surface area is 94.9 Å². The first-order chi connectivity index (χ1) is 7.86. The summed E-state index contributed by atoms with van der Waals surface area (Å²) in [6.07, 6.45) is 0. The third kappa shape index (κ3) is 1.62. The van der Waals surface area contributed by atoms with Crippen molar-refractivity contribution in [2.75, 3.05) is 6.61 Å². The van der Waals surface area contributed by atoms with Gasteiger partial charge in [0.05, 0.1) is 6.61 Å². The van der Waals surface area contributed by atoms with E-state index in [0.29, 0.717) is 6.61 Å². The highest BCUT2D eigenvalue weighted by molar-refractivity contribution is 7.43. The van der Waals surface area contributed by atoms with Gasteiger partial charge in [0.1, 0.15) is 0 Å². The Balaban J connectivity index is 2.01. The summed E-state index contributed by atoms with van der Waals surface area (Å²) in [5.41, 5.74) is 0. The van der Waals surface area contributed by atoms with Gasteiger partial charge in [-0.3, -0.25) is 4.52 Å². The number of rotatable bonds is 2. The average Bonchev–Trinajstić information content (AvgIpc) is 2.67. The summed E-state index contributed by atoms with van der Waals surface area (Å²) >= 11 is 0. The number of fused-ring (bicyclic) bond motifs is 2. The SMILES string of the molecule is CCOP1Oc2cc3ccccc3cc2O1. The van der Waals surface area contributed by atoms with Gasteiger partial charge in [0.2, 0.25) is 0 Å². The fourth-order valence-electron chi connectivity index (χ4n) is 1.68. The average molecular weight is 234 g/mol. The number of hydrogen-bond donors (Lipinski definition) is 0. The third-order valence-electron chi connectivity index (χ3n) is 2.39. The summed E-state index contributed by atoms with van der Waals surface area (Å²) in [4.78, 5) is 0. The van der Waals surface area contributed by atoms with E-state index in [0.717, 1.165) is 22.3 Å². The molecule has 0 N–H and O–H groups in total. The molecule has 1 aliphatic rings. The van der Waals surface area contributed by atoms with Crippen molar-refractivity contribution in [1.29, 1.82) is 0 Å². The molecule has 0 radical (unpaired) electrons. The molecule has 0 aromatic heterocycles. The third-order valence-corrected chi connectivity index (χ3v) is 3.55. The van der Waals surface area contributed by atoms with E-state index in [2.05, 4.69) is 12.1 Å². The second-order valence-corrected chi connectivity index (χ2v) is 4.54. The van der Waals surface area contributed by atoms with Crippen LogP contribution in [0.25, 0.3) is 10.8 Å². The standard InChI is InChI=1S/C12H11O3P/c1-2-13-16-14-11-7-9-5-3-4-6-10(9)8-12(11)15-16/h3-8H,2H2,1H3. The molecule has 1 aliphatic heterocycles. The number of hydrogen-bond acceptors (Lipinski definition) is 3. The molecule has 2 aromatic rings. The Kier molecular flexibility index (Phi) is 2.43. The molecular weight excluding hydrogens is 223 g/mol. The molecule has 1 heterocycles. The number of benzene rings is 2. The van der Waals surface area contributed by atoms with Crippen LogP contribution in [0.5, 0.6) is 11.5 Å². The van der Waals surface area contributed by atoms with E-state index in [9.17, 15) is 0 Å². The minimum absolute atomic E-state index is 0.596. The van der Waals surface area contributed by atoms with Crippen LogP contribution in [0.15, 0.2) is 36.4 Å². The van der Waals surface area contributed by atoms with Crippen LogP contribution in [-0.4, -0.2) is 6.61 Å². The van der Waals surface area contributed by atoms with Gasteiger partial charge in [-0.2, -0.15) is 0 Å². The van der Waals surface area contributed by atoms with Crippen molar-refractivity contribution in [1.82, 2.24) is 0 Å².